The summed E-state index contributed by atoms with van der Waals surface area (Å²) in [5, 5.41) is 0. The van der Waals surface area contributed by atoms with E-state index in [1.807, 2.05) is 20.8 Å². The first-order chi connectivity index (χ1) is 10.8. The van der Waals surface area contributed by atoms with Crippen LogP contribution < -0.4 is 0 Å². The van der Waals surface area contributed by atoms with Crippen molar-refractivity contribution >= 4 is 15.9 Å². The zero-order chi connectivity index (χ0) is 18.6. The molecule has 0 unspecified atom stereocenters. The SMILES string of the molecule is CC(C)(C)CCS(=O)(=O)CCC[C@@H]1CCCN1C(=O)OC(C)(C)C. The van der Waals surface area contributed by atoms with E-state index in [0.29, 0.717) is 19.4 Å². The van der Waals surface area contributed by atoms with Crippen molar-refractivity contribution in [3.8, 4) is 0 Å². The first kappa shape index (κ1) is 21.3. The predicted octanol–water partition coefficient (Wildman–Crippen LogP) is 4.02. The van der Waals surface area contributed by atoms with Gasteiger partial charge in [-0.25, -0.2) is 13.2 Å². The van der Waals surface area contributed by atoms with Gasteiger partial charge in [-0.3, -0.25) is 0 Å². The zero-order valence-electron chi connectivity index (χ0n) is 16.2. The molecule has 6 heteroatoms. The maximum Gasteiger partial charge on any atom is 0.410 e. The Morgan fingerprint density at radius 1 is 1.12 bits per heavy atom. The minimum absolute atomic E-state index is 0.0338. The van der Waals surface area contributed by atoms with Crippen LogP contribution in [0.3, 0.4) is 0 Å². The molecule has 0 aliphatic carbocycles. The van der Waals surface area contributed by atoms with Gasteiger partial charge < -0.3 is 9.64 Å². The van der Waals surface area contributed by atoms with Gasteiger partial charge in [-0.15, -0.1) is 0 Å². The van der Waals surface area contributed by atoms with Crippen molar-refractivity contribution < 1.29 is 17.9 Å². The molecule has 1 fully saturated rings. The van der Waals surface area contributed by atoms with Crippen molar-refractivity contribution in [2.75, 3.05) is 18.1 Å². The first-order valence-corrected chi connectivity index (χ1v) is 10.8. The summed E-state index contributed by atoms with van der Waals surface area (Å²) in [5.74, 6) is 0.457. The molecule has 0 saturated carbocycles. The summed E-state index contributed by atoms with van der Waals surface area (Å²) in [6.07, 6.45) is 3.63. The maximum absolute atomic E-state index is 12.2. The van der Waals surface area contributed by atoms with E-state index in [1.54, 1.807) is 4.90 Å². The van der Waals surface area contributed by atoms with E-state index < -0.39 is 15.4 Å². The molecule has 24 heavy (non-hydrogen) atoms. The lowest BCUT2D eigenvalue weighted by Crippen LogP contribution is -2.39. The van der Waals surface area contributed by atoms with Crippen LogP contribution in [-0.4, -0.2) is 49.1 Å². The second-order valence-electron chi connectivity index (χ2n) is 9.07. The first-order valence-electron chi connectivity index (χ1n) is 8.99. The highest BCUT2D eigenvalue weighted by Gasteiger charge is 2.32. The normalized spacial score (nSPS) is 19.6. The Hall–Kier alpha value is -0.780. The highest BCUT2D eigenvalue weighted by Crippen LogP contribution is 2.25. The lowest BCUT2D eigenvalue weighted by Gasteiger charge is -2.28. The number of sulfone groups is 1. The molecule has 142 valence electrons. The average Bonchev–Trinajstić information content (AvgIpc) is 2.82. The van der Waals surface area contributed by atoms with Crippen LogP contribution in [0.25, 0.3) is 0 Å². The van der Waals surface area contributed by atoms with Crippen LogP contribution in [0.5, 0.6) is 0 Å². The lowest BCUT2D eigenvalue weighted by atomic mass is 9.94. The standard InChI is InChI=1S/C18H35NO4S/c1-17(2,3)11-14-24(21,22)13-8-10-15-9-7-12-19(15)16(20)23-18(4,5)6/h15H,7-14H2,1-6H3/t15-/m0/s1. The molecule has 5 nitrogen and oxygen atoms in total. The van der Waals surface area contributed by atoms with Crippen LogP contribution >= 0.6 is 0 Å². The average molecular weight is 362 g/mol. The van der Waals surface area contributed by atoms with E-state index in [-0.39, 0.29) is 29.1 Å². The largest absolute Gasteiger partial charge is 0.444 e. The fraction of sp³-hybridized carbons (Fsp3) is 0.944. The Morgan fingerprint density at radius 3 is 2.29 bits per heavy atom. The molecule has 1 rings (SSSR count). The summed E-state index contributed by atoms with van der Waals surface area (Å²) in [5.41, 5.74) is -0.466. The molecule has 1 atom stereocenters. The Morgan fingerprint density at radius 2 is 1.75 bits per heavy atom. The van der Waals surface area contributed by atoms with Crippen LogP contribution in [0.1, 0.15) is 73.6 Å². The number of hydrogen-bond acceptors (Lipinski definition) is 4. The fourth-order valence-corrected chi connectivity index (χ4v) is 4.53. The topological polar surface area (TPSA) is 63.7 Å². The fourth-order valence-electron chi connectivity index (χ4n) is 2.80. The molecule has 0 aromatic rings. The minimum atomic E-state index is -3.01. The number of rotatable bonds is 6. The Kier molecular flexibility index (Phi) is 7.15. The molecule has 0 aromatic carbocycles. The number of hydrogen-bond donors (Lipinski definition) is 0. The van der Waals surface area contributed by atoms with Gasteiger partial charge >= 0.3 is 6.09 Å². The summed E-state index contributed by atoms with van der Waals surface area (Å²) < 4.78 is 29.7. The summed E-state index contributed by atoms with van der Waals surface area (Å²) in [4.78, 5) is 14.0. The van der Waals surface area contributed by atoms with E-state index in [1.165, 1.54) is 0 Å². The molecule has 1 aliphatic rings. The van der Waals surface area contributed by atoms with Crippen LogP contribution in [0.2, 0.25) is 0 Å². The van der Waals surface area contributed by atoms with Crippen molar-refractivity contribution in [1.82, 2.24) is 4.90 Å². The third kappa shape index (κ3) is 8.36. The van der Waals surface area contributed by atoms with Gasteiger partial charge in [-0.05, 0) is 58.3 Å². The Labute approximate surface area is 148 Å². The third-order valence-corrected chi connectivity index (χ3v) is 5.90. The Balaban J connectivity index is 2.44. The van der Waals surface area contributed by atoms with E-state index >= 15 is 0 Å². The molecule has 1 aliphatic heterocycles. The molecule has 1 saturated heterocycles. The van der Waals surface area contributed by atoms with Crippen LogP contribution in [0, 0.1) is 5.41 Å². The second-order valence-corrected chi connectivity index (χ2v) is 11.4. The van der Waals surface area contributed by atoms with Gasteiger partial charge in [0.1, 0.15) is 15.4 Å². The quantitative estimate of drug-likeness (QED) is 0.717. The summed E-state index contributed by atoms with van der Waals surface area (Å²) in [6.45, 7) is 12.4. The molecular formula is C18H35NO4S. The van der Waals surface area contributed by atoms with E-state index in [4.69, 9.17) is 4.74 Å². The van der Waals surface area contributed by atoms with Gasteiger partial charge in [0.05, 0.1) is 11.5 Å². The van der Waals surface area contributed by atoms with Gasteiger partial charge in [0, 0.05) is 12.6 Å². The summed E-state index contributed by atoms with van der Waals surface area (Å²) >= 11 is 0. The van der Waals surface area contributed by atoms with Crippen LogP contribution in [0.4, 0.5) is 4.79 Å². The molecular weight excluding hydrogens is 326 g/mol. The van der Waals surface area contributed by atoms with Gasteiger partial charge in [0.25, 0.3) is 0 Å². The second kappa shape index (κ2) is 8.07. The number of carbonyl (C=O) groups excluding carboxylic acids is 1. The Bertz CT molecular complexity index is 514. The summed E-state index contributed by atoms with van der Waals surface area (Å²) in [6, 6.07) is 0.109. The number of carbonyl (C=O) groups is 1. The van der Waals surface area contributed by atoms with Crippen molar-refractivity contribution in [1.29, 1.82) is 0 Å². The highest BCUT2D eigenvalue weighted by molar-refractivity contribution is 7.91. The van der Waals surface area contributed by atoms with Gasteiger partial charge in [0.2, 0.25) is 0 Å². The van der Waals surface area contributed by atoms with Crippen molar-refractivity contribution in [2.24, 2.45) is 5.41 Å². The molecule has 0 aromatic heterocycles. The molecule has 0 radical (unpaired) electrons. The van der Waals surface area contributed by atoms with Crippen molar-refractivity contribution in [3.63, 3.8) is 0 Å². The lowest BCUT2D eigenvalue weighted by molar-refractivity contribution is 0.0220. The zero-order valence-corrected chi connectivity index (χ0v) is 17.0. The van der Waals surface area contributed by atoms with Crippen molar-refractivity contribution in [2.45, 2.75) is 85.3 Å². The van der Waals surface area contributed by atoms with E-state index in [9.17, 15) is 13.2 Å². The van der Waals surface area contributed by atoms with E-state index in [2.05, 4.69) is 20.8 Å². The predicted molar refractivity (Wildman–Crippen MR) is 97.9 cm³/mol. The number of ether oxygens (including phenoxy) is 1. The summed E-state index contributed by atoms with van der Waals surface area (Å²) in [7, 11) is -3.01. The monoisotopic (exact) mass is 361 g/mol. The highest BCUT2D eigenvalue weighted by atomic mass is 32.2. The number of likely N-dealkylation sites (tertiary alicyclic amines) is 1. The number of amides is 1. The van der Waals surface area contributed by atoms with E-state index in [0.717, 1.165) is 19.3 Å². The minimum Gasteiger partial charge on any atom is -0.444 e. The smallest absolute Gasteiger partial charge is 0.410 e. The maximum atomic E-state index is 12.2. The molecule has 1 heterocycles. The van der Waals surface area contributed by atoms with Gasteiger partial charge in [-0.2, -0.15) is 0 Å². The third-order valence-electron chi connectivity index (χ3n) is 4.16. The molecule has 0 bridgehead atoms. The van der Waals surface area contributed by atoms with Crippen molar-refractivity contribution in [3.05, 3.63) is 0 Å². The van der Waals surface area contributed by atoms with Gasteiger partial charge in [0.15, 0.2) is 0 Å². The van der Waals surface area contributed by atoms with Crippen LogP contribution in [-0.2, 0) is 14.6 Å². The molecule has 0 N–H and O–H groups in total. The van der Waals surface area contributed by atoms with Gasteiger partial charge in [-0.1, -0.05) is 20.8 Å². The van der Waals surface area contributed by atoms with Crippen LogP contribution in [0.15, 0.2) is 0 Å². The molecule has 1 amide bonds. The molecule has 0 spiro atoms. The number of nitrogens with zero attached hydrogens (tertiary/aromatic N) is 1.